The van der Waals surface area contributed by atoms with Gasteiger partial charge in [0.1, 0.15) is 0 Å². The van der Waals surface area contributed by atoms with Crippen LogP contribution >= 0.6 is 0 Å². The summed E-state index contributed by atoms with van der Waals surface area (Å²) < 4.78 is 1.73. The molecule has 6 nitrogen and oxygen atoms in total. The highest BCUT2D eigenvalue weighted by Gasteiger charge is 2.25. The highest BCUT2D eigenvalue weighted by molar-refractivity contribution is 6.02. The van der Waals surface area contributed by atoms with Crippen LogP contribution in [0.2, 0.25) is 0 Å². The van der Waals surface area contributed by atoms with E-state index in [0.29, 0.717) is 17.9 Å². The molecule has 0 aliphatic carbocycles. The maximum Gasteiger partial charge on any atom is 0.290 e. The van der Waals surface area contributed by atoms with E-state index in [4.69, 9.17) is 0 Å². The SMILES string of the molecule is Cc1cccc(CNC(=O)c2nc(C(=O)N3CCCCCC3)n3ccccc23)c1. The minimum absolute atomic E-state index is 0.106. The Morgan fingerprint density at radius 2 is 1.83 bits per heavy atom. The van der Waals surface area contributed by atoms with Crippen molar-refractivity contribution in [3.63, 3.8) is 0 Å². The summed E-state index contributed by atoms with van der Waals surface area (Å²) in [6.45, 7) is 3.93. The Bertz CT molecular complexity index is 1030. The lowest BCUT2D eigenvalue weighted by Gasteiger charge is -2.19. The Balaban J connectivity index is 1.59. The minimum atomic E-state index is -0.273. The number of likely N-dealkylation sites (tertiary alicyclic amines) is 1. The van der Waals surface area contributed by atoms with Gasteiger partial charge in [-0.15, -0.1) is 0 Å². The molecule has 2 amide bonds. The molecule has 6 heteroatoms. The van der Waals surface area contributed by atoms with Gasteiger partial charge in [-0.05, 0) is 37.5 Å². The van der Waals surface area contributed by atoms with Crippen molar-refractivity contribution >= 4 is 17.3 Å². The molecule has 2 aromatic heterocycles. The average molecular weight is 390 g/mol. The molecular formula is C23H26N4O2. The van der Waals surface area contributed by atoms with Gasteiger partial charge in [-0.1, -0.05) is 48.7 Å². The quantitative estimate of drug-likeness (QED) is 0.740. The molecule has 0 spiro atoms. The van der Waals surface area contributed by atoms with Gasteiger partial charge < -0.3 is 10.2 Å². The van der Waals surface area contributed by atoms with Crippen molar-refractivity contribution in [2.75, 3.05) is 13.1 Å². The monoisotopic (exact) mass is 390 g/mol. The Kier molecular flexibility index (Phi) is 5.60. The number of benzene rings is 1. The second-order valence-electron chi connectivity index (χ2n) is 7.62. The summed E-state index contributed by atoms with van der Waals surface area (Å²) in [7, 11) is 0. The molecule has 4 rings (SSSR count). The number of imidazole rings is 1. The summed E-state index contributed by atoms with van der Waals surface area (Å²) in [5, 5.41) is 2.94. The van der Waals surface area contributed by atoms with Gasteiger partial charge in [0.05, 0.1) is 5.52 Å². The summed E-state index contributed by atoms with van der Waals surface area (Å²) in [4.78, 5) is 32.4. The first-order valence-corrected chi connectivity index (χ1v) is 10.2. The van der Waals surface area contributed by atoms with Gasteiger partial charge in [-0.2, -0.15) is 0 Å². The van der Waals surface area contributed by atoms with Gasteiger partial charge in [-0.25, -0.2) is 4.98 Å². The van der Waals surface area contributed by atoms with Crippen LogP contribution in [0, 0.1) is 6.92 Å². The van der Waals surface area contributed by atoms with Crippen molar-refractivity contribution in [2.24, 2.45) is 0 Å². The first kappa shape index (κ1) is 19.2. The van der Waals surface area contributed by atoms with E-state index in [1.165, 1.54) is 0 Å². The smallest absolute Gasteiger partial charge is 0.290 e. The zero-order valence-corrected chi connectivity index (χ0v) is 16.7. The molecule has 0 atom stereocenters. The summed E-state index contributed by atoms with van der Waals surface area (Å²) in [5.41, 5.74) is 3.11. The van der Waals surface area contributed by atoms with Crippen LogP contribution in [0.1, 0.15) is 57.9 Å². The van der Waals surface area contributed by atoms with Gasteiger partial charge >= 0.3 is 0 Å². The van der Waals surface area contributed by atoms with Crippen molar-refractivity contribution in [3.8, 4) is 0 Å². The molecule has 1 fully saturated rings. The molecule has 1 aliphatic rings. The van der Waals surface area contributed by atoms with Crippen LogP contribution in [0.4, 0.5) is 0 Å². The van der Waals surface area contributed by atoms with E-state index in [9.17, 15) is 9.59 Å². The number of rotatable bonds is 4. The van der Waals surface area contributed by atoms with Crippen molar-refractivity contribution in [1.82, 2.24) is 19.6 Å². The first-order chi connectivity index (χ1) is 14.1. The fraction of sp³-hybridized carbons (Fsp3) is 0.348. The molecule has 0 unspecified atom stereocenters. The van der Waals surface area contributed by atoms with E-state index in [-0.39, 0.29) is 17.5 Å². The highest BCUT2D eigenvalue weighted by atomic mass is 16.2. The van der Waals surface area contributed by atoms with Crippen LogP contribution in [0.15, 0.2) is 48.7 Å². The normalized spacial score (nSPS) is 14.6. The number of hydrogen-bond acceptors (Lipinski definition) is 3. The molecule has 1 N–H and O–H groups in total. The number of carbonyl (C=O) groups is 2. The Morgan fingerprint density at radius 3 is 2.59 bits per heavy atom. The molecule has 3 heterocycles. The number of hydrogen-bond donors (Lipinski definition) is 1. The second kappa shape index (κ2) is 8.47. The number of pyridine rings is 1. The first-order valence-electron chi connectivity index (χ1n) is 10.2. The largest absolute Gasteiger partial charge is 0.347 e. The minimum Gasteiger partial charge on any atom is -0.347 e. The highest BCUT2D eigenvalue weighted by Crippen LogP contribution is 2.18. The number of fused-ring (bicyclic) bond motifs is 1. The van der Waals surface area contributed by atoms with Gasteiger partial charge in [0.25, 0.3) is 11.8 Å². The fourth-order valence-corrected chi connectivity index (χ4v) is 3.86. The summed E-state index contributed by atoms with van der Waals surface area (Å²) in [6.07, 6.45) is 6.12. The van der Waals surface area contributed by atoms with Crippen LogP contribution in [-0.2, 0) is 6.54 Å². The lowest BCUT2D eigenvalue weighted by Crippen LogP contribution is -2.33. The third-order valence-corrected chi connectivity index (χ3v) is 5.38. The molecule has 3 aromatic rings. The van der Waals surface area contributed by atoms with E-state index in [1.807, 2.05) is 54.3 Å². The molecule has 0 saturated carbocycles. The summed E-state index contributed by atoms with van der Waals surface area (Å²) in [5.74, 6) is -0.0702. The number of aromatic nitrogens is 2. The van der Waals surface area contributed by atoms with Crippen LogP contribution in [0.3, 0.4) is 0 Å². The van der Waals surface area contributed by atoms with Crippen LogP contribution in [-0.4, -0.2) is 39.2 Å². The van der Waals surface area contributed by atoms with Crippen LogP contribution < -0.4 is 5.32 Å². The van der Waals surface area contributed by atoms with Crippen molar-refractivity contribution in [3.05, 3.63) is 71.3 Å². The van der Waals surface area contributed by atoms with E-state index in [2.05, 4.69) is 10.3 Å². The third-order valence-electron chi connectivity index (χ3n) is 5.38. The molecule has 1 aliphatic heterocycles. The lowest BCUT2D eigenvalue weighted by atomic mass is 10.1. The maximum atomic E-state index is 13.1. The molecule has 29 heavy (non-hydrogen) atoms. The molecular weight excluding hydrogens is 364 g/mol. The molecule has 0 bridgehead atoms. The maximum absolute atomic E-state index is 13.1. The van der Waals surface area contributed by atoms with Crippen molar-refractivity contribution in [2.45, 2.75) is 39.2 Å². The van der Waals surface area contributed by atoms with E-state index >= 15 is 0 Å². The van der Waals surface area contributed by atoms with Gasteiger partial charge in [0.2, 0.25) is 5.82 Å². The fourth-order valence-electron chi connectivity index (χ4n) is 3.86. The van der Waals surface area contributed by atoms with Gasteiger partial charge in [-0.3, -0.25) is 14.0 Å². The third kappa shape index (κ3) is 4.16. The lowest BCUT2D eigenvalue weighted by molar-refractivity contribution is 0.0748. The van der Waals surface area contributed by atoms with E-state index < -0.39 is 0 Å². The molecule has 1 aromatic carbocycles. The topological polar surface area (TPSA) is 66.7 Å². The predicted octanol–water partition coefficient (Wildman–Crippen LogP) is 3.59. The summed E-state index contributed by atoms with van der Waals surface area (Å²) >= 11 is 0. The van der Waals surface area contributed by atoms with E-state index in [0.717, 1.165) is 49.9 Å². The second-order valence-corrected chi connectivity index (χ2v) is 7.62. The Labute approximate surface area is 170 Å². The van der Waals surface area contributed by atoms with Crippen LogP contribution in [0.5, 0.6) is 0 Å². The van der Waals surface area contributed by atoms with Gasteiger partial charge in [0, 0.05) is 25.8 Å². The molecule has 1 saturated heterocycles. The number of carbonyl (C=O) groups excluding carboxylic acids is 2. The molecule has 150 valence electrons. The van der Waals surface area contributed by atoms with Crippen LogP contribution in [0.25, 0.3) is 5.52 Å². The van der Waals surface area contributed by atoms with Gasteiger partial charge in [0.15, 0.2) is 5.69 Å². The zero-order valence-electron chi connectivity index (χ0n) is 16.7. The number of aryl methyl sites for hydroxylation is 1. The predicted molar refractivity (Wildman–Crippen MR) is 112 cm³/mol. The number of nitrogens with zero attached hydrogens (tertiary/aromatic N) is 3. The standard InChI is InChI=1S/C23H26N4O2/c1-17-9-8-10-18(15-17)16-24-22(28)20-19-11-4-7-14-27(19)21(25-20)23(29)26-12-5-2-3-6-13-26/h4,7-11,14-15H,2-3,5-6,12-13,16H2,1H3,(H,24,28). The average Bonchev–Trinajstić information content (AvgIpc) is 2.91. The zero-order chi connectivity index (χ0) is 20.2. The van der Waals surface area contributed by atoms with Crippen molar-refractivity contribution in [1.29, 1.82) is 0 Å². The summed E-state index contributed by atoms with van der Waals surface area (Å²) in [6, 6.07) is 13.5. The van der Waals surface area contributed by atoms with E-state index in [1.54, 1.807) is 10.6 Å². The Hall–Kier alpha value is -3.15. The number of nitrogens with one attached hydrogen (secondary N) is 1. The Morgan fingerprint density at radius 1 is 1.03 bits per heavy atom. The number of amides is 2. The molecule has 0 radical (unpaired) electrons. The van der Waals surface area contributed by atoms with Crippen molar-refractivity contribution < 1.29 is 9.59 Å².